The first-order valence-electron chi connectivity index (χ1n) is 7.78. The number of fused-ring (bicyclic) bond motifs is 1. The van der Waals surface area contributed by atoms with E-state index in [0.717, 1.165) is 24.1 Å². The highest BCUT2D eigenvalue weighted by molar-refractivity contribution is 5.99. The van der Waals surface area contributed by atoms with Crippen molar-refractivity contribution in [2.75, 3.05) is 18.4 Å². The zero-order chi connectivity index (χ0) is 15.9. The first kappa shape index (κ1) is 15.0. The van der Waals surface area contributed by atoms with E-state index >= 15 is 0 Å². The number of anilines is 1. The molecule has 1 fully saturated rings. The third kappa shape index (κ3) is 2.73. The molecule has 0 aliphatic carbocycles. The second-order valence-electron chi connectivity index (χ2n) is 6.92. The quantitative estimate of drug-likeness (QED) is 0.832. The molecule has 2 amide bonds. The Bertz CT molecular complexity index is 624. The summed E-state index contributed by atoms with van der Waals surface area (Å²) in [5, 5.41) is 12.6. The van der Waals surface area contributed by atoms with Gasteiger partial charge in [0.15, 0.2) is 0 Å². The molecule has 5 nitrogen and oxygen atoms in total. The normalized spacial score (nSPS) is 23.7. The van der Waals surface area contributed by atoms with E-state index in [1.54, 1.807) is 11.0 Å². The zero-order valence-electron chi connectivity index (χ0n) is 13.1. The molecular formula is C17H22N2O3. The molecule has 1 aromatic carbocycles. The molecule has 0 bridgehead atoms. The van der Waals surface area contributed by atoms with Gasteiger partial charge in [-0.05, 0) is 30.5 Å². The summed E-state index contributed by atoms with van der Waals surface area (Å²) in [4.78, 5) is 26.1. The van der Waals surface area contributed by atoms with Crippen molar-refractivity contribution in [2.45, 2.75) is 44.6 Å². The minimum absolute atomic E-state index is 0.0181. The van der Waals surface area contributed by atoms with E-state index in [0.29, 0.717) is 25.1 Å². The second kappa shape index (κ2) is 5.39. The van der Waals surface area contributed by atoms with E-state index in [1.165, 1.54) is 0 Å². The Morgan fingerprint density at radius 1 is 1.41 bits per heavy atom. The third-order valence-corrected chi connectivity index (χ3v) is 4.56. The van der Waals surface area contributed by atoms with Gasteiger partial charge in [-0.25, -0.2) is 0 Å². The standard InChI is InChI=1S/C17H22N2O3/c1-17(2)9-15(21)18-14-8-11(5-6-13(14)17)16(22)19-7-3-4-12(20)10-19/h5-6,8,12,20H,3-4,7,9-10H2,1-2H3,(H,18,21). The Labute approximate surface area is 130 Å². The summed E-state index contributed by atoms with van der Waals surface area (Å²) in [6.45, 7) is 5.12. The first-order chi connectivity index (χ1) is 10.4. The summed E-state index contributed by atoms with van der Waals surface area (Å²) in [6.07, 6.45) is 1.58. The number of hydrogen-bond donors (Lipinski definition) is 2. The Hall–Kier alpha value is -1.88. The van der Waals surface area contributed by atoms with Crippen molar-refractivity contribution in [1.82, 2.24) is 4.90 Å². The summed E-state index contributed by atoms with van der Waals surface area (Å²) < 4.78 is 0. The van der Waals surface area contributed by atoms with Crippen LogP contribution in [0.3, 0.4) is 0 Å². The first-order valence-corrected chi connectivity index (χ1v) is 7.78. The lowest BCUT2D eigenvalue weighted by molar-refractivity contribution is -0.117. The molecule has 5 heteroatoms. The highest BCUT2D eigenvalue weighted by atomic mass is 16.3. The molecule has 1 unspecified atom stereocenters. The molecule has 2 N–H and O–H groups in total. The van der Waals surface area contributed by atoms with Crippen LogP contribution >= 0.6 is 0 Å². The lowest BCUT2D eigenvalue weighted by Gasteiger charge is -2.33. The van der Waals surface area contributed by atoms with Crippen LogP contribution in [-0.2, 0) is 10.2 Å². The van der Waals surface area contributed by atoms with Crippen molar-refractivity contribution < 1.29 is 14.7 Å². The molecule has 118 valence electrons. The summed E-state index contributed by atoms with van der Waals surface area (Å²) in [5.41, 5.74) is 2.12. The van der Waals surface area contributed by atoms with E-state index in [2.05, 4.69) is 5.32 Å². The van der Waals surface area contributed by atoms with Crippen LogP contribution in [0.4, 0.5) is 5.69 Å². The van der Waals surface area contributed by atoms with E-state index in [-0.39, 0.29) is 17.2 Å². The molecule has 0 radical (unpaired) electrons. The van der Waals surface area contributed by atoms with Gasteiger partial charge in [-0.15, -0.1) is 0 Å². The molecule has 22 heavy (non-hydrogen) atoms. The van der Waals surface area contributed by atoms with Crippen LogP contribution in [0.2, 0.25) is 0 Å². The molecule has 0 aromatic heterocycles. The van der Waals surface area contributed by atoms with Crippen LogP contribution in [0.1, 0.15) is 49.0 Å². The van der Waals surface area contributed by atoms with Gasteiger partial charge in [0.25, 0.3) is 5.91 Å². The third-order valence-electron chi connectivity index (χ3n) is 4.56. The van der Waals surface area contributed by atoms with Crippen LogP contribution in [0.25, 0.3) is 0 Å². The summed E-state index contributed by atoms with van der Waals surface area (Å²) in [6, 6.07) is 5.52. The molecule has 2 aliphatic heterocycles. The van der Waals surface area contributed by atoms with Gasteiger partial charge < -0.3 is 15.3 Å². The molecule has 1 saturated heterocycles. The van der Waals surface area contributed by atoms with E-state index in [4.69, 9.17) is 0 Å². The maximum absolute atomic E-state index is 12.6. The van der Waals surface area contributed by atoms with Crippen molar-refractivity contribution >= 4 is 17.5 Å². The van der Waals surface area contributed by atoms with Crippen LogP contribution in [0.5, 0.6) is 0 Å². The smallest absolute Gasteiger partial charge is 0.254 e. The van der Waals surface area contributed by atoms with Gasteiger partial charge in [-0.1, -0.05) is 19.9 Å². The van der Waals surface area contributed by atoms with E-state index in [9.17, 15) is 14.7 Å². The van der Waals surface area contributed by atoms with Gasteiger partial charge in [0.2, 0.25) is 5.91 Å². The summed E-state index contributed by atoms with van der Waals surface area (Å²) in [5.74, 6) is -0.102. The van der Waals surface area contributed by atoms with Crippen LogP contribution in [-0.4, -0.2) is 41.0 Å². The predicted octanol–water partition coefficient (Wildman–Crippen LogP) is 1.90. The fraction of sp³-hybridized carbons (Fsp3) is 0.529. The SMILES string of the molecule is CC1(C)CC(=O)Nc2cc(C(=O)N3CCCC(O)C3)ccc21. The van der Waals surface area contributed by atoms with Gasteiger partial charge >= 0.3 is 0 Å². The number of aliphatic hydroxyl groups excluding tert-OH is 1. The number of carbonyl (C=O) groups is 2. The van der Waals surface area contributed by atoms with Crippen molar-refractivity contribution in [3.8, 4) is 0 Å². The van der Waals surface area contributed by atoms with Gasteiger partial charge in [-0.3, -0.25) is 9.59 Å². The molecule has 0 spiro atoms. The topological polar surface area (TPSA) is 69.6 Å². The Balaban J connectivity index is 1.88. The van der Waals surface area contributed by atoms with Crippen molar-refractivity contribution in [1.29, 1.82) is 0 Å². The average Bonchev–Trinajstić information content (AvgIpc) is 2.44. The zero-order valence-corrected chi connectivity index (χ0v) is 13.1. The minimum Gasteiger partial charge on any atom is -0.391 e. The minimum atomic E-state index is -0.436. The summed E-state index contributed by atoms with van der Waals surface area (Å²) in [7, 11) is 0. The lowest BCUT2D eigenvalue weighted by Crippen LogP contribution is -2.42. The summed E-state index contributed by atoms with van der Waals surface area (Å²) >= 11 is 0. The van der Waals surface area contributed by atoms with Gasteiger partial charge in [0, 0.05) is 36.2 Å². The maximum Gasteiger partial charge on any atom is 0.254 e. The number of rotatable bonds is 1. The van der Waals surface area contributed by atoms with Crippen molar-refractivity contribution in [3.05, 3.63) is 29.3 Å². The molecule has 3 rings (SSSR count). The maximum atomic E-state index is 12.6. The number of likely N-dealkylation sites (tertiary alicyclic amines) is 1. The number of β-amino-alcohol motifs (C(OH)–C–C–N with tert-alkyl or cyclic N) is 1. The Morgan fingerprint density at radius 3 is 2.91 bits per heavy atom. The number of aliphatic hydroxyl groups is 1. The molecule has 2 heterocycles. The number of benzene rings is 1. The van der Waals surface area contributed by atoms with Crippen molar-refractivity contribution in [2.24, 2.45) is 0 Å². The Kier molecular flexibility index (Phi) is 3.68. The lowest BCUT2D eigenvalue weighted by atomic mass is 9.77. The van der Waals surface area contributed by atoms with Crippen molar-refractivity contribution in [3.63, 3.8) is 0 Å². The monoisotopic (exact) mass is 302 g/mol. The number of piperidine rings is 1. The number of carbonyl (C=O) groups excluding carboxylic acids is 2. The van der Waals surface area contributed by atoms with Gasteiger partial charge in [0.1, 0.15) is 0 Å². The molecule has 2 aliphatic rings. The molecule has 1 aromatic rings. The molecule has 0 saturated carbocycles. The van der Waals surface area contributed by atoms with Crippen LogP contribution in [0.15, 0.2) is 18.2 Å². The van der Waals surface area contributed by atoms with Crippen LogP contribution in [0, 0.1) is 0 Å². The van der Waals surface area contributed by atoms with Gasteiger partial charge in [-0.2, -0.15) is 0 Å². The largest absolute Gasteiger partial charge is 0.391 e. The number of nitrogens with zero attached hydrogens (tertiary/aromatic N) is 1. The fourth-order valence-corrected chi connectivity index (χ4v) is 3.38. The second-order valence-corrected chi connectivity index (χ2v) is 6.92. The number of hydrogen-bond acceptors (Lipinski definition) is 3. The van der Waals surface area contributed by atoms with Gasteiger partial charge in [0.05, 0.1) is 6.10 Å². The number of amides is 2. The highest BCUT2D eigenvalue weighted by Crippen LogP contribution is 2.37. The van der Waals surface area contributed by atoms with E-state index in [1.807, 2.05) is 26.0 Å². The average molecular weight is 302 g/mol. The molecular weight excluding hydrogens is 280 g/mol. The molecule has 1 atom stereocenters. The fourth-order valence-electron chi connectivity index (χ4n) is 3.38. The van der Waals surface area contributed by atoms with Crippen LogP contribution < -0.4 is 5.32 Å². The Morgan fingerprint density at radius 2 is 2.18 bits per heavy atom. The number of nitrogens with one attached hydrogen (secondary N) is 1. The predicted molar refractivity (Wildman–Crippen MR) is 83.9 cm³/mol. The van der Waals surface area contributed by atoms with E-state index < -0.39 is 6.10 Å². The highest BCUT2D eigenvalue weighted by Gasteiger charge is 2.32.